The summed E-state index contributed by atoms with van der Waals surface area (Å²) < 4.78 is 0. The molecule has 0 aromatic heterocycles. The van der Waals surface area contributed by atoms with Crippen molar-refractivity contribution < 1.29 is 9.59 Å². The number of amides is 2. The summed E-state index contributed by atoms with van der Waals surface area (Å²) in [5.41, 5.74) is 7.72. The molecule has 1 aromatic carbocycles. The van der Waals surface area contributed by atoms with Crippen LogP contribution in [0.25, 0.3) is 0 Å². The van der Waals surface area contributed by atoms with Crippen molar-refractivity contribution in [3.63, 3.8) is 0 Å². The number of rotatable bonds is 4. The van der Waals surface area contributed by atoms with Crippen LogP contribution in [-0.2, 0) is 16.0 Å². The Morgan fingerprint density at radius 3 is 2.57 bits per heavy atom. The predicted octanol–water partition coefficient (Wildman–Crippen LogP) is 1.70. The molecule has 0 spiro atoms. The van der Waals surface area contributed by atoms with E-state index in [-0.39, 0.29) is 17.9 Å². The van der Waals surface area contributed by atoms with E-state index in [0.717, 1.165) is 50.0 Å². The Morgan fingerprint density at radius 1 is 1.13 bits per heavy atom. The fraction of sp³-hybridized carbons (Fsp3) is 0.556. The number of anilines is 1. The van der Waals surface area contributed by atoms with Gasteiger partial charge in [-0.25, -0.2) is 0 Å². The Bertz CT molecular complexity index is 570. The highest BCUT2D eigenvalue weighted by atomic mass is 16.2. The van der Waals surface area contributed by atoms with Gasteiger partial charge in [-0.1, -0.05) is 12.1 Å². The number of likely N-dealkylation sites (tertiary alicyclic amines) is 1. The van der Waals surface area contributed by atoms with Gasteiger partial charge >= 0.3 is 0 Å². The van der Waals surface area contributed by atoms with E-state index in [4.69, 9.17) is 5.73 Å². The van der Waals surface area contributed by atoms with Crippen molar-refractivity contribution in [3.8, 4) is 0 Å². The van der Waals surface area contributed by atoms with Crippen LogP contribution in [0.4, 0.5) is 5.69 Å². The quantitative estimate of drug-likeness (QED) is 0.919. The van der Waals surface area contributed by atoms with Crippen LogP contribution >= 0.6 is 0 Å². The molecule has 124 valence electrons. The smallest absolute Gasteiger partial charge is 0.227 e. The van der Waals surface area contributed by atoms with Gasteiger partial charge < -0.3 is 15.5 Å². The number of hydrogen-bond donors (Lipinski definition) is 1. The molecule has 1 aromatic rings. The van der Waals surface area contributed by atoms with Gasteiger partial charge in [-0.2, -0.15) is 0 Å². The molecule has 0 saturated carbocycles. The van der Waals surface area contributed by atoms with Gasteiger partial charge in [-0.3, -0.25) is 9.59 Å². The van der Waals surface area contributed by atoms with Crippen LogP contribution in [-0.4, -0.2) is 42.4 Å². The zero-order chi connectivity index (χ0) is 16.2. The van der Waals surface area contributed by atoms with Crippen LogP contribution in [0.1, 0.15) is 37.7 Å². The van der Waals surface area contributed by atoms with Crippen molar-refractivity contribution in [2.45, 2.75) is 44.6 Å². The van der Waals surface area contributed by atoms with Gasteiger partial charge in [0.25, 0.3) is 0 Å². The second-order valence-corrected chi connectivity index (χ2v) is 6.46. The number of nitrogens with two attached hydrogens (primary N) is 1. The highest BCUT2D eigenvalue weighted by Crippen LogP contribution is 2.22. The molecule has 2 amide bonds. The monoisotopic (exact) mass is 315 g/mol. The Morgan fingerprint density at radius 2 is 1.91 bits per heavy atom. The van der Waals surface area contributed by atoms with Gasteiger partial charge in [-0.15, -0.1) is 0 Å². The molecule has 3 rings (SSSR count). The molecule has 0 radical (unpaired) electrons. The Labute approximate surface area is 137 Å². The first-order chi connectivity index (χ1) is 11.2. The zero-order valence-corrected chi connectivity index (χ0v) is 13.5. The van der Waals surface area contributed by atoms with Crippen LogP contribution in [0.5, 0.6) is 0 Å². The summed E-state index contributed by atoms with van der Waals surface area (Å²) in [6, 6.07) is 8.00. The van der Waals surface area contributed by atoms with E-state index in [1.807, 2.05) is 34.1 Å². The van der Waals surface area contributed by atoms with Crippen LogP contribution in [0, 0.1) is 0 Å². The van der Waals surface area contributed by atoms with Gasteiger partial charge in [-0.05, 0) is 43.4 Å². The lowest BCUT2D eigenvalue weighted by molar-refractivity contribution is -0.133. The number of nitrogens with zero attached hydrogens (tertiary/aromatic N) is 2. The number of carbonyl (C=O) groups is 2. The lowest BCUT2D eigenvalue weighted by Gasteiger charge is -2.35. The molecule has 5 nitrogen and oxygen atoms in total. The molecule has 0 unspecified atom stereocenters. The average Bonchev–Trinajstić information content (AvgIpc) is 3.01. The summed E-state index contributed by atoms with van der Waals surface area (Å²) in [4.78, 5) is 28.1. The van der Waals surface area contributed by atoms with Gasteiger partial charge in [0, 0.05) is 37.8 Å². The van der Waals surface area contributed by atoms with Gasteiger partial charge in [0.1, 0.15) is 0 Å². The van der Waals surface area contributed by atoms with E-state index < -0.39 is 0 Å². The summed E-state index contributed by atoms with van der Waals surface area (Å²) in [5.74, 6) is 0.345. The highest BCUT2D eigenvalue weighted by Gasteiger charge is 2.25. The first-order valence-corrected chi connectivity index (χ1v) is 8.58. The van der Waals surface area contributed by atoms with Gasteiger partial charge in [0.2, 0.25) is 11.8 Å². The second kappa shape index (κ2) is 7.13. The van der Waals surface area contributed by atoms with Crippen molar-refractivity contribution in [3.05, 3.63) is 29.8 Å². The van der Waals surface area contributed by atoms with Gasteiger partial charge in [0.05, 0.1) is 6.42 Å². The minimum atomic E-state index is 0.158. The minimum Gasteiger partial charge on any atom is -0.338 e. The zero-order valence-electron chi connectivity index (χ0n) is 13.5. The fourth-order valence-corrected chi connectivity index (χ4v) is 3.57. The summed E-state index contributed by atoms with van der Waals surface area (Å²) >= 11 is 0. The molecule has 0 aliphatic carbocycles. The third-order valence-electron chi connectivity index (χ3n) is 4.90. The molecule has 2 fully saturated rings. The molecule has 1 atom stereocenters. The Hall–Kier alpha value is -1.88. The van der Waals surface area contributed by atoms with E-state index in [1.165, 1.54) is 0 Å². The van der Waals surface area contributed by atoms with Crippen LogP contribution in [0.3, 0.4) is 0 Å². The molecule has 23 heavy (non-hydrogen) atoms. The van der Waals surface area contributed by atoms with Crippen LogP contribution in [0.15, 0.2) is 24.3 Å². The SMILES string of the molecule is NC[C@H]1CCCCN1C(=O)Cc1ccc(N2CCCC2=O)cc1. The summed E-state index contributed by atoms with van der Waals surface area (Å²) in [6.07, 6.45) is 5.20. The molecule has 2 heterocycles. The largest absolute Gasteiger partial charge is 0.338 e. The molecule has 2 saturated heterocycles. The number of benzene rings is 1. The van der Waals surface area contributed by atoms with Crippen molar-refractivity contribution in [1.82, 2.24) is 4.90 Å². The third-order valence-corrected chi connectivity index (χ3v) is 4.90. The van der Waals surface area contributed by atoms with Crippen molar-refractivity contribution in [1.29, 1.82) is 0 Å². The van der Waals surface area contributed by atoms with Crippen molar-refractivity contribution in [2.75, 3.05) is 24.5 Å². The maximum atomic E-state index is 12.5. The molecule has 0 bridgehead atoms. The number of piperidine rings is 1. The molecule has 2 N–H and O–H groups in total. The molecule has 2 aliphatic heterocycles. The van der Waals surface area contributed by atoms with Crippen molar-refractivity contribution >= 4 is 17.5 Å². The minimum absolute atomic E-state index is 0.158. The maximum absolute atomic E-state index is 12.5. The maximum Gasteiger partial charge on any atom is 0.227 e. The van der Waals surface area contributed by atoms with E-state index in [0.29, 0.717) is 19.4 Å². The third kappa shape index (κ3) is 3.55. The highest BCUT2D eigenvalue weighted by molar-refractivity contribution is 5.95. The van der Waals surface area contributed by atoms with E-state index in [2.05, 4.69) is 0 Å². The molecule has 5 heteroatoms. The van der Waals surface area contributed by atoms with Gasteiger partial charge in [0.15, 0.2) is 0 Å². The second-order valence-electron chi connectivity index (χ2n) is 6.46. The molecular formula is C18H25N3O2. The van der Waals surface area contributed by atoms with E-state index in [9.17, 15) is 9.59 Å². The normalized spacial score (nSPS) is 21.8. The summed E-state index contributed by atoms with van der Waals surface area (Å²) in [5, 5.41) is 0. The van der Waals surface area contributed by atoms with Crippen LogP contribution in [0.2, 0.25) is 0 Å². The lowest BCUT2D eigenvalue weighted by atomic mass is 10.0. The summed E-state index contributed by atoms with van der Waals surface area (Å²) in [6.45, 7) is 2.16. The standard InChI is InChI=1S/C18H25N3O2/c19-13-16-4-1-2-10-21(16)18(23)12-14-6-8-15(9-7-14)20-11-3-5-17(20)22/h6-9,16H,1-5,10-13,19H2/t16-/m1/s1. The average molecular weight is 315 g/mol. The molecule has 2 aliphatic rings. The topological polar surface area (TPSA) is 66.6 Å². The lowest BCUT2D eigenvalue weighted by Crippen LogP contribution is -2.48. The number of hydrogen-bond acceptors (Lipinski definition) is 3. The van der Waals surface area contributed by atoms with Crippen molar-refractivity contribution in [2.24, 2.45) is 5.73 Å². The predicted molar refractivity (Wildman–Crippen MR) is 90.1 cm³/mol. The Kier molecular flexibility index (Phi) is 4.96. The first-order valence-electron chi connectivity index (χ1n) is 8.58. The molecular weight excluding hydrogens is 290 g/mol. The fourth-order valence-electron chi connectivity index (χ4n) is 3.57. The Balaban J connectivity index is 1.63. The van der Waals surface area contributed by atoms with E-state index >= 15 is 0 Å². The first kappa shape index (κ1) is 16.0. The number of carbonyl (C=O) groups excluding carboxylic acids is 2. The van der Waals surface area contributed by atoms with Crippen LogP contribution < -0.4 is 10.6 Å². The van der Waals surface area contributed by atoms with E-state index in [1.54, 1.807) is 0 Å². The summed E-state index contributed by atoms with van der Waals surface area (Å²) in [7, 11) is 0.